The molecule has 0 spiro atoms. The number of amides is 1. The van der Waals surface area contributed by atoms with Crippen LogP contribution < -0.4 is 5.32 Å². The van der Waals surface area contributed by atoms with Gasteiger partial charge in [0.05, 0.1) is 28.2 Å². The maximum Gasteiger partial charge on any atom is 0.251 e. The Balaban J connectivity index is 1.59. The summed E-state index contributed by atoms with van der Waals surface area (Å²) in [7, 11) is 0. The van der Waals surface area contributed by atoms with E-state index in [-0.39, 0.29) is 18.1 Å². The lowest BCUT2D eigenvalue weighted by Crippen LogP contribution is -2.38. The van der Waals surface area contributed by atoms with Crippen LogP contribution in [0.5, 0.6) is 0 Å². The largest absolute Gasteiger partial charge is 0.393 e. The van der Waals surface area contributed by atoms with Crippen LogP contribution in [0, 0.1) is 0 Å². The number of nitrogens with one attached hydrogen (secondary N) is 1. The smallest absolute Gasteiger partial charge is 0.251 e. The molecule has 0 saturated heterocycles. The maximum atomic E-state index is 12.5. The van der Waals surface area contributed by atoms with Crippen molar-refractivity contribution in [3.05, 3.63) is 48.0 Å². The van der Waals surface area contributed by atoms with Gasteiger partial charge in [-0.25, -0.2) is 9.97 Å². The number of hydrogen-bond donors (Lipinski definition) is 2. The first-order valence-corrected chi connectivity index (χ1v) is 8.34. The molecule has 1 saturated carbocycles. The van der Waals surface area contributed by atoms with Gasteiger partial charge in [-0.1, -0.05) is 12.1 Å². The zero-order valence-electron chi connectivity index (χ0n) is 13.3. The Kier molecular flexibility index (Phi) is 3.86. The van der Waals surface area contributed by atoms with Gasteiger partial charge in [-0.05, 0) is 56.0 Å². The highest BCUT2D eigenvalue weighted by Crippen LogP contribution is 2.20. The highest BCUT2D eigenvalue weighted by Gasteiger charge is 2.21. The van der Waals surface area contributed by atoms with Crippen molar-refractivity contribution in [2.24, 2.45) is 0 Å². The summed E-state index contributed by atoms with van der Waals surface area (Å²) in [4.78, 5) is 21.7. The zero-order chi connectivity index (χ0) is 16.5. The zero-order valence-corrected chi connectivity index (χ0v) is 13.3. The van der Waals surface area contributed by atoms with E-state index in [1.807, 2.05) is 30.3 Å². The van der Waals surface area contributed by atoms with Crippen LogP contribution in [0.4, 0.5) is 0 Å². The Morgan fingerprint density at radius 1 is 0.917 bits per heavy atom. The van der Waals surface area contributed by atoms with Crippen LogP contribution >= 0.6 is 0 Å². The third-order valence-corrected chi connectivity index (χ3v) is 4.63. The van der Waals surface area contributed by atoms with Crippen LogP contribution in [0.15, 0.2) is 42.5 Å². The van der Waals surface area contributed by atoms with E-state index in [1.54, 1.807) is 12.1 Å². The van der Waals surface area contributed by atoms with E-state index in [4.69, 9.17) is 0 Å². The Morgan fingerprint density at radius 2 is 1.54 bits per heavy atom. The van der Waals surface area contributed by atoms with Crippen LogP contribution in [-0.4, -0.2) is 33.1 Å². The third-order valence-electron chi connectivity index (χ3n) is 4.63. The summed E-state index contributed by atoms with van der Waals surface area (Å²) >= 11 is 0. The minimum atomic E-state index is -0.220. The van der Waals surface area contributed by atoms with E-state index < -0.39 is 0 Å². The summed E-state index contributed by atoms with van der Waals surface area (Å²) < 4.78 is 0. The second-order valence-electron chi connectivity index (χ2n) is 6.39. The summed E-state index contributed by atoms with van der Waals surface area (Å²) in [6.45, 7) is 0. The lowest BCUT2D eigenvalue weighted by Gasteiger charge is -2.26. The SMILES string of the molecule is O=C(NC1CCC(O)CC1)c1ccc2nc3ccccc3nc2c1. The Labute approximate surface area is 139 Å². The fourth-order valence-electron chi connectivity index (χ4n) is 3.25. The molecular formula is C19H19N3O2. The van der Waals surface area contributed by atoms with Crippen molar-refractivity contribution in [1.82, 2.24) is 15.3 Å². The molecular weight excluding hydrogens is 302 g/mol. The average Bonchev–Trinajstić information content (AvgIpc) is 2.61. The topological polar surface area (TPSA) is 75.1 Å². The maximum absolute atomic E-state index is 12.5. The number of nitrogens with zero attached hydrogens (tertiary/aromatic N) is 2. The lowest BCUT2D eigenvalue weighted by molar-refractivity contribution is 0.0868. The highest BCUT2D eigenvalue weighted by molar-refractivity contribution is 5.98. The van der Waals surface area contributed by atoms with Gasteiger partial charge in [-0.2, -0.15) is 0 Å². The van der Waals surface area contributed by atoms with Gasteiger partial charge in [0.2, 0.25) is 0 Å². The van der Waals surface area contributed by atoms with Gasteiger partial charge in [-0.3, -0.25) is 4.79 Å². The summed E-state index contributed by atoms with van der Waals surface area (Å²) in [5, 5.41) is 12.6. The van der Waals surface area contributed by atoms with Gasteiger partial charge < -0.3 is 10.4 Å². The number of para-hydroxylation sites is 2. The second kappa shape index (κ2) is 6.17. The van der Waals surface area contributed by atoms with Gasteiger partial charge in [0, 0.05) is 11.6 Å². The van der Waals surface area contributed by atoms with E-state index in [9.17, 15) is 9.90 Å². The van der Waals surface area contributed by atoms with Gasteiger partial charge >= 0.3 is 0 Å². The fraction of sp³-hybridized carbons (Fsp3) is 0.316. The van der Waals surface area contributed by atoms with E-state index in [0.717, 1.165) is 47.8 Å². The first kappa shape index (κ1) is 15.0. The predicted octanol–water partition coefficient (Wildman–Crippen LogP) is 2.82. The molecule has 5 nitrogen and oxygen atoms in total. The van der Waals surface area contributed by atoms with Crippen LogP contribution in [0.25, 0.3) is 22.1 Å². The molecule has 1 fully saturated rings. The van der Waals surface area contributed by atoms with E-state index in [1.165, 1.54) is 0 Å². The quantitative estimate of drug-likeness (QED) is 0.712. The minimum absolute atomic E-state index is 0.0896. The molecule has 0 unspecified atom stereocenters. The van der Waals surface area contributed by atoms with Gasteiger partial charge in [0.15, 0.2) is 0 Å². The number of aliphatic hydroxyl groups is 1. The van der Waals surface area contributed by atoms with Crippen molar-refractivity contribution in [1.29, 1.82) is 0 Å². The van der Waals surface area contributed by atoms with E-state index in [2.05, 4.69) is 15.3 Å². The van der Waals surface area contributed by atoms with Crippen molar-refractivity contribution in [2.75, 3.05) is 0 Å². The Hall–Kier alpha value is -2.53. The van der Waals surface area contributed by atoms with Crippen molar-refractivity contribution in [3.63, 3.8) is 0 Å². The third kappa shape index (κ3) is 2.95. The molecule has 5 heteroatoms. The average molecular weight is 321 g/mol. The number of hydrogen-bond acceptors (Lipinski definition) is 4. The Morgan fingerprint density at radius 3 is 2.25 bits per heavy atom. The monoisotopic (exact) mass is 321 g/mol. The number of aliphatic hydroxyl groups excluding tert-OH is 1. The molecule has 24 heavy (non-hydrogen) atoms. The minimum Gasteiger partial charge on any atom is -0.393 e. The number of aromatic nitrogens is 2. The lowest BCUT2D eigenvalue weighted by atomic mass is 9.93. The molecule has 4 rings (SSSR count). The first-order valence-electron chi connectivity index (χ1n) is 8.34. The molecule has 1 amide bonds. The molecule has 2 N–H and O–H groups in total. The number of rotatable bonds is 2. The first-order chi connectivity index (χ1) is 11.7. The number of benzene rings is 2. The summed E-state index contributed by atoms with van der Waals surface area (Å²) in [5.41, 5.74) is 3.77. The molecule has 0 bridgehead atoms. The summed E-state index contributed by atoms with van der Waals surface area (Å²) in [5.74, 6) is -0.0896. The van der Waals surface area contributed by atoms with E-state index >= 15 is 0 Å². The molecule has 1 heterocycles. The standard InChI is InChI=1S/C19H19N3O2/c23-14-8-6-13(7-9-14)20-19(24)12-5-10-17-18(11-12)22-16-4-2-1-3-15(16)21-17/h1-5,10-11,13-14,23H,6-9H2,(H,20,24). The molecule has 1 aromatic heterocycles. The molecule has 0 aliphatic heterocycles. The predicted molar refractivity (Wildman–Crippen MR) is 92.8 cm³/mol. The molecule has 2 aromatic carbocycles. The Bertz CT molecular complexity index is 901. The van der Waals surface area contributed by atoms with Crippen LogP contribution in [-0.2, 0) is 0 Å². The van der Waals surface area contributed by atoms with Crippen LogP contribution in [0.2, 0.25) is 0 Å². The summed E-state index contributed by atoms with van der Waals surface area (Å²) in [6, 6.07) is 13.3. The molecule has 1 aliphatic carbocycles. The van der Waals surface area contributed by atoms with Gasteiger partial charge in [0.25, 0.3) is 5.91 Å². The molecule has 0 atom stereocenters. The molecule has 122 valence electrons. The normalized spacial score (nSPS) is 21.0. The van der Waals surface area contributed by atoms with Crippen molar-refractivity contribution >= 4 is 28.0 Å². The van der Waals surface area contributed by atoms with Crippen molar-refractivity contribution in [2.45, 2.75) is 37.8 Å². The number of carbonyl (C=O) groups excluding carboxylic acids is 1. The van der Waals surface area contributed by atoms with Crippen molar-refractivity contribution in [3.8, 4) is 0 Å². The van der Waals surface area contributed by atoms with E-state index in [0.29, 0.717) is 5.56 Å². The number of carbonyl (C=O) groups is 1. The van der Waals surface area contributed by atoms with Gasteiger partial charge in [-0.15, -0.1) is 0 Å². The van der Waals surface area contributed by atoms with Crippen molar-refractivity contribution < 1.29 is 9.90 Å². The molecule has 1 aliphatic rings. The van der Waals surface area contributed by atoms with Crippen LogP contribution in [0.3, 0.4) is 0 Å². The number of fused-ring (bicyclic) bond motifs is 2. The fourth-order valence-corrected chi connectivity index (χ4v) is 3.25. The second-order valence-corrected chi connectivity index (χ2v) is 6.39. The van der Waals surface area contributed by atoms with Gasteiger partial charge in [0.1, 0.15) is 0 Å². The molecule has 3 aromatic rings. The van der Waals surface area contributed by atoms with Crippen LogP contribution in [0.1, 0.15) is 36.0 Å². The highest BCUT2D eigenvalue weighted by atomic mass is 16.3. The summed E-state index contributed by atoms with van der Waals surface area (Å²) in [6.07, 6.45) is 2.93. The molecule has 0 radical (unpaired) electrons.